The van der Waals surface area contributed by atoms with Crippen LogP contribution in [0.15, 0.2) is 24.3 Å². The normalized spacial score (nSPS) is 19.1. The summed E-state index contributed by atoms with van der Waals surface area (Å²) in [5.41, 5.74) is 2.76. The van der Waals surface area contributed by atoms with Gasteiger partial charge in [0.1, 0.15) is 23.9 Å². The number of nitrogens with zero attached hydrogens (tertiary/aromatic N) is 5. The van der Waals surface area contributed by atoms with E-state index in [4.69, 9.17) is 14.7 Å². The van der Waals surface area contributed by atoms with E-state index in [0.29, 0.717) is 44.6 Å². The number of anilines is 2. The Morgan fingerprint density at radius 3 is 2.46 bits per heavy atom. The van der Waals surface area contributed by atoms with Crippen molar-refractivity contribution in [2.75, 3.05) is 43.0 Å². The number of rotatable bonds is 9. The van der Waals surface area contributed by atoms with E-state index in [1.165, 1.54) is 0 Å². The van der Waals surface area contributed by atoms with Gasteiger partial charge in [0.05, 0.1) is 18.8 Å². The zero-order chi connectivity index (χ0) is 25.1. The standard InChI is InChI=1S/C26H36N6O3/c1-6-30-12-13-31(15-23(30)34)26-28-24-21(14-32(17(3)4)22(24)16-33)25(29-26)27-18(5)19-8-10-20(11-9-19)35-7-2/h8-11,16-18,22H,6-7,12-15H2,1-5H3,(H,27,28,29)/t18?,22-/m0/s1. The number of aldehydes is 1. The molecule has 2 aliphatic heterocycles. The highest BCUT2D eigenvalue weighted by Crippen LogP contribution is 2.38. The number of ether oxygens (including phenoxy) is 1. The molecular formula is C26H36N6O3. The van der Waals surface area contributed by atoms with Crippen molar-refractivity contribution >= 4 is 24.0 Å². The van der Waals surface area contributed by atoms with E-state index in [-0.39, 0.29) is 24.5 Å². The van der Waals surface area contributed by atoms with Gasteiger partial charge in [0.25, 0.3) is 0 Å². The molecule has 1 amide bonds. The van der Waals surface area contributed by atoms with E-state index in [1.807, 2.05) is 47.9 Å². The number of carbonyl (C=O) groups excluding carboxylic acids is 2. The van der Waals surface area contributed by atoms with E-state index < -0.39 is 6.04 Å². The minimum absolute atomic E-state index is 0.0288. The molecule has 2 aromatic rings. The van der Waals surface area contributed by atoms with Crippen molar-refractivity contribution < 1.29 is 14.3 Å². The van der Waals surface area contributed by atoms with E-state index >= 15 is 0 Å². The number of nitrogens with one attached hydrogen (secondary N) is 1. The van der Waals surface area contributed by atoms with Crippen molar-refractivity contribution in [3.63, 3.8) is 0 Å². The Hall–Kier alpha value is -3.20. The first-order chi connectivity index (χ1) is 16.9. The number of fused-ring (bicyclic) bond motifs is 1. The maximum Gasteiger partial charge on any atom is 0.242 e. The summed E-state index contributed by atoms with van der Waals surface area (Å²) in [7, 11) is 0. The van der Waals surface area contributed by atoms with Gasteiger partial charge in [-0.25, -0.2) is 4.98 Å². The maximum atomic E-state index is 12.6. The lowest BCUT2D eigenvalue weighted by Crippen LogP contribution is -2.50. The lowest BCUT2D eigenvalue weighted by Gasteiger charge is -2.34. The summed E-state index contributed by atoms with van der Waals surface area (Å²) in [5, 5.41) is 3.57. The molecule has 1 aromatic carbocycles. The monoisotopic (exact) mass is 480 g/mol. The highest BCUT2D eigenvalue weighted by molar-refractivity contribution is 5.82. The molecule has 2 aliphatic rings. The molecule has 0 bridgehead atoms. The Morgan fingerprint density at radius 1 is 1.11 bits per heavy atom. The summed E-state index contributed by atoms with van der Waals surface area (Å²) in [6.45, 7) is 13.6. The molecule has 188 valence electrons. The smallest absolute Gasteiger partial charge is 0.242 e. The zero-order valence-corrected chi connectivity index (χ0v) is 21.3. The fourth-order valence-corrected chi connectivity index (χ4v) is 4.76. The van der Waals surface area contributed by atoms with Crippen molar-refractivity contribution in [3.8, 4) is 5.75 Å². The molecule has 0 saturated carbocycles. The van der Waals surface area contributed by atoms with Crippen LogP contribution in [-0.2, 0) is 16.1 Å². The van der Waals surface area contributed by atoms with Crippen LogP contribution in [0.1, 0.15) is 63.5 Å². The van der Waals surface area contributed by atoms with Crippen LogP contribution in [0, 0.1) is 0 Å². The molecule has 35 heavy (non-hydrogen) atoms. The topological polar surface area (TPSA) is 90.9 Å². The van der Waals surface area contributed by atoms with Gasteiger partial charge < -0.3 is 24.6 Å². The second-order valence-electron chi connectivity index (χ2n) is 9.35. The quantitative estimate of drug-likeness (QED) is 0.548. The molecule has 1 unspecified atom stereocenters. The first-order valence-corrected chi connectivity index (χ1v) is 12.5. The van der Waals surface area contributed by atoms with Crippen molar-refractivity contribution in [2.45, 2.75) is 59.3 Å². The highest BCUT2D eigenvalue weighted by atomic mass is 16.5. The van der Waals surface area contributed by atoms with Gasteiger partial charge in [-0.15, -0.1) is 0 Å². The van der Waals surface area contributed by atoms with Crippen molar-refractivity contribution in [2.24, 2.45) is 0 Å². The molecular weight excluding hydrogens is 444 g/mol. The van der Waals surface area contributed by atoms with Gasteiger partial charge in [0, 0.05) is 43.8 Å². The average Bonchev–Trinajstić information content (AvgIpc) is 3.24. The minimum Gasteiger partial charge on any atom is -0.494 e. The molecule has 9 nitrogen and oxygen atoms in total. The Balaban J connectivity index is 1.67. The van der Waals surface area contributed by atoms with Crippen LogP contribution < -0.4 is 15.0 Å². The highest BCUT2D eigenvalue weighted by Gasteiger charge is 2.37. The number of hydrogen-bond donors (Lipinski definition) is 1. The van der Waals surface area contributed by atoms with Gasteiger partial charge in [0.2, 0.25) is 11.9 Å². The molecule has 4 rings (SSSR count). The second-order valence-corrected chi connectivity index (χ2v) is 9.35. The molecule has 0 spiro atoms. The summed E-state index contributed by atoms with van der Waals surface area (Å²) in [6.07, 6.45) is 0.961. The van der Waals surface area contributed by atoms with Gasteiger partial charge >= 0.3 is 0 Å². The first kappa shape index (κ1) is 24.9. The van der Waals surface area contributed by atoms with Crippen LogP contribution >= 0.6 is 0 Å². The lowest BCUT2D eigenvalue weighted by molar-refractivity contribution is -0.130. The van der Waals surface area contributed by atoms with Crippen LogP contribution in [0.3, 0.4) is 0 Å². The van der Waals surface area contributed by atoms with E-state index in [0.717, 1.165) is 28.9 Å². The van der Waals surface area contributed by atoms with Crippen LogP contribution in [0.4, 0.5) is 11.8 Å². The number of hydrogen-bond acceptors (Lipinski definition) is 8. The molecule has 1 fully saturated rings. The molecule has 9 heteroatoms. The maximum absolute atomic E-state index is 12.6. The first-order valence-electron chi connectivity index (χ1n) is 12.5. The van der Waals surface area contributed by atoms with Gasteiger partial charge in [-0.3, -0.25) is 9.69 Å². The molecule has 0 aliphatic carbocycles. The predicted octanol–water partition coefficient (Wildman–Crippen LogP) is 3.18. The van der Waals surface area contributed by atoms with Crippen LogP contribution in [0.5, 0.6) is 5.75 Å². The van der Waals surface area contributed by atoms with E-state index in [2.05, 4.69) is 31.0 Å². The van der Waals surface area contributed by atoms with E-state index in [1.54, 1.807) is 0 Å². The van der Waals surface area contributed by atoms with Gasteiger partial charge in [0.15, 0.2) is 0 Å². The number of amides is 1. The average molecular weight is 481 g/mol. The Kier molecular flexibility index (Phi) is 7.54. The summed E-state index contributed by atoms with van der Waals surface area (Å²) in [6, 6.07) is 7.74. The Morgan fingerprint density at radius 2 is 1.86 bits per heavy atom. The predicted molar refractivity (Wildman–Crippen MR) is 136 cm³/mol. The van der Waals surface area contributed by atoms with Gasteiger partial charge in [-0.1, -0.05) is 12.1 Å². The third kappa shape index (κ3) is 5.10. The molecule has 2 atom stereocenters. The number of likely N-dealkylation sites (N-methyl/N-ethyl adjacent to an activating group) is 1. The number of piperazine rings is 1. The molecule has 1 saturated heterocycles. The number of carbonyl (C=O) groups is 2. The fraction of sp³-hybridized carbons (Fsp3) is 0.538. The Bertz CT molecular complexity index is 1060. The molecule has 1 aromatic heterocycles. The summed E-state index contributed by atoms with van der Waals surface area (Å²) in [5.74, 6) is 2.11. The summed E-state index contributed by atoms with van der Waals surface area (Å²) in [4.78, 5) is 40.3. The van der Waals surface area contributed by atoms with E-state index in [9.17, 15) is 9.59 Å². The lowest BCUT2D eigenvalue weighted by atomic mass is 10.1. The Labute approximate surface area is 207 Å². The summed E-state index contributed by atoms with van der Waals surface area (Å²) >= 11 is 0. The van der Waals surface area contributed by atoms with Crippen LogP contribution in [0.2, 0.25) is 0 Å². The van der Waals surface area contributed by atoms with Crippen molar-refractivity contribution in [1.29, 1.82) is 0 Å². The largest absolute Gasteiger partial charge is 0.494 e. The number of aromatic nitrogens is 2. The zero-order valence-electron chi connectivity index (χ0n) is 21.3. The third-order valence-electron chi connectivity index (χ3n) is 6.83. The SMILES string of the molecule is CCOc1ccc(C(C)Nc2nc(N3CCN(CC)C(=O)C3)nc3c2CN(C(C)C)[C@H]3C=O)cc1. The molecule has 3 heterocycles. The van der Waals surface area contributed by atoms with Crippen molar-refractivity contribution in [1.82, 2.24) is 19.8 Å². The molecule has 0 radical (unpaired) electrons. The third-order valence-corrected chi connectivity index (χ3v) is 6.83. The van der Waals surface area contributed by atoms with Crippen molar-refractivity contribution in [3.05, 3.63) is 41.1 Å². The van der Waals surface area contributed by atoms with Gasteiger partial charge in [-0.05, 0) is 52.3 Å². The number of benzene rings is 1. The van der Waals surface area contributed by atoms with Crippen LogP contribution in [-0.4, -0.2) is 70.8 Å². The fourth-order valence-electron chi connectivity index (χ4n) is 4.76. The summed E-state index contributed by atoms with van der Waals surface area (Å²) < 4.78 is 5.57. The molecule has 1 N–H and O–H groups in total. The van der Waals surface area contributed by atoms with Gasteiger partial charge in [-0.2, -0.15) is 4.98 Å². The van der Waals surface area contributed by atoms with Crippen LogP contribution in [0.25, 0.3) is 0 Å². The second kappa shape index (κ2) is 10.6. The minimum atomic E-state index is -0.430.